The Labute approximate surface area is 163 Å². The minimum atomic E-state index is -0.355. The molecule has 1 aliphatic heterocycles. The summed E-state index contributed by atoms with van der Waals surface area (Å²) in [5, 5.41) is 6.11. The van der Waals surface area contributed by atoms with Gasteiger partial charge in [-0.1, -0.05) is 35.0 Å². The molecule has 27 heavy (non-hydrogen) atoms. The van der Waals surface area contributed by atoms with E-state index in [1.165, 1.54) is 22.9 Å². The number of hydrogen-bond acceptors (Lipinski definition) is 5. The van der Waals surface area contributed by atoms with E-state index in [9.17, 15) is 9.59 Å². The number of likely N-dealkylation sites (tertiary alicyclic amines) is 1. The molecule has 3 rings (SSSR count). The average Bonchev–Trinajstić information content (AvgIpc) is 3.29. The fourth-order valence-corrected chi connectivity index (χ4v) is 3.98. The Kier molecular flexibility index (Phi) is 6.21. The first-order chi connectivity index (χ1) is 12.9. The van der Waals surface area contributed by atoms with Crippen LogP contribution in [0.25, 0.3) is 0 Å². The lowest BCUT2D eigenvalue weighted by atomic mass is 10.0. The molecule has 2 atom stereocenters. The van der Waals surface area contributed by atoms with E-state index in [0.717, 1.165) is 19.4 Å². The quantitative estimate of drug-likeness (QED) is 0.818. The number of benzene rings is 1. The molecule has 7 heteroatoms. The zero-order valence-electron chi connectivity index (χ0n) is 15.9. The van der Waals surface area contributed by atoms with Crippen molar-refractivity contribution in [2.24, 2.45) is 0 Å². The summed E-state index contributed by atoms with van der Waals surface area (Å²) in [4.78, 5) is 26.9. The number of aromatic nitrogens is 1. The van der Waals surface area contributed by atoms with Crippen LogP contribution in [0.5, 0.6) is 0 Å². The summed E-state index contributed by atoms with van der Waals surface area (Å²) in [6.07, 6.45) is 2.00. The predicted molar refractivity (Wildman–Crippen MR) is 107 cm³/mol. The van der Waals surface area contributed by atoms with Crippen molar-refractivity contribution in [2.75, 3.05) is 17.6 Å². The van der Waals surface area contributed by atoms with Gasteiger partial charge in [-0.2, -0.15) is 0 Å². The third-order valence-corrected chi connectivity index (χ3v) is 5.87. The van der Waals surface area contributed by atoms with E-state index in [-0.39, 0.29) is 28.9 Å². The molecule has 2 aromatic rings. The number of nitrogens with zero attached hydrogens (tertiary/aromatic N) is 2. The largest absolute Gasteiger partial charge is 0.360 e. The molecule has 0 spiro atoms. The first kappa shape index (κ1) is 19.5. The van der Waals surface area contributed by atoms with Gasteiger partial charge >= 0.3 is 0 Å². The molecule has 0 radical (unpaired) electrons. The smallest absolute Gasteiger partial charge is 0.238 e. The number of amides is 2. The highest BCUT2D eigenvalue weighted by atomic mass is 32.2. The van der Waals surface area contributed by atoms with Crippen LogP contribution in [0.1, 0.15) is 42.7 Å². The van der Waals surface area contributed by atoms with Gasteiger partial charge in [-0.15, -0.1) is 11.8 Å². The van der Waals surface area contributed by atoms with Crippen molar-refractivity contribution in [1.29, 1.82) is 0 Å². The normalized spacial score (nSPS) is 17.7. The van der Waals surface area contributed by atoms with Gasteiger partial charge in [0.1, 0.15) is 5.76 Å². The van der Waals surface area contributed by atoms with Gasteiger partial charge in [0.05, 0.1) is 17.0 Å². The summed E-state index contributed by atoms with van der Waals surface area (Å²) in [7, 11) is 0. The van der Waals surface area contributed by atoms with Crippen LogP contribution in [0, 0.1) is 13.8 Å². The lowest BCUT2D eigenvalue weighted by molar-refractivity contribution is -0.129. The van der Waals surface area contributed by atoms with Crippen LogP contribution < -0.4 is 5.32 Å². The van der Waals surface area contributed by atoms with Crippen LogP contribution in [-0.2, 0) is 9.59 Å². The van der Waals surface area contributed by atoms with Crippen molar-refractivity contribution in [3.8, 4) is 0 Å². The van der Waals surface area contributed by atoms with Crippen LogP contribution in [0.15, 0.2) is 34.9 Å². The van der Waals surface area contributed by atoms with Crippen molar-refractivity contribution in [2.45, 2.75) is 44.9 Å². The highest BCUT2D eigenvalue weighted by molar-refractivity contribution is 8.01. The fraction of sp³-hybridized carbons (Fsp3) is 0.450. The SMILES string of the molecule is Cc1ccc(C2CCCN2C(=O)CSC(C)C(=O)Nc2cc(C)on2)cc1. The van der Waals surface area contributed by atoms with Crippen LogP contribution in [0.4, 0.5) is 5.82 Å². The van der Waals surface area contributed by atoms with E-state index < -0.39 is 0 Å². The molecule has 2 heterocycles. The Morgan fingerprint density at radius 3 is 2.74 bits per heavy atom. The summed E-state index contributed by atoms with van der Waals surface area (Å²) in [5.41, 5.74) is 2.40. The number of carbonyl (C=O) groups excluding carboxylic acids is 2. The van der Waals surface area contributed by atoms with Crippen molar-refractivity contribution in [3.05, 3.63) is 47.2 Å². The number of aryl methyl sites for hydroxylation is 2. The summed E-state index contributed by atoms with van der Waals surface area (Å²) < 4.78 is 4.94. The van der Waals surface area contributed by atoms with Crippen LogP contribution in [0.3, 0.4) is 0 Å². The Bertz CT molecular complexity index is 803. The van der Waals surface area contributed by atoms with Gasteiger partial charge in [-0.05, 0) is 39.2 Å². The molecular weight excluding hydrogens is 362 g/mol. The van der Waals surface area contributed by atoms with Gasteiger partial charge in [0.25, 0.3) is 0 Å². The van der Waals surface area contributed by atoms with Gasteiger partial charge in [0, 0.05) is 12.6 Å². The number of anilines is 1. The Balaban J connectivity index is 1.53. The number of thioether (sulfide) groups is 1. The van der Waals surface area contributed by atoms with E-state index in [2.05, 4.69) is 41.7 Å². The molecule has 1 aliphatic rings. The van der Waals surface area contributed by atoms with Gasteiger partial charge in [0.15, 0.2) is 5.82 Å². The maximum Gasteiger partial charge on any atom is 0.238 e. The minimum Gasteiger partial charge on any atom is -0.360 e. The monoisotopic (exact) mass is 387 g/mol. The fourth-order valence-electron chi connectivity index (χ4n) is 3.21. The van der Waals surface area contributed by atoms with E-state index in [1.807, 2.05) is 4.90 Å². The number of nitrogens with one attached hydrogen (secondary N) is 1. The molecular formula is C20H25N3O3S. The average molecular weight is 388 g/mol. The summed E-state index contributed by atoms with van der Waals surface area (Å²) in [6, 6.07) is 10.2. The van der Waals surface area contributed by atoms with Gasteiger partial charge < -0.3 is 14.7 Å². The molecule has 6 nitrogen and oxygen atoms in total. The van der Waals surface area contributed by atoms with Crippen molar-refractivity contribution in [1.82, 2.24) is 10.1 Å². The van der Waals surface area contributed by atoms with Crippen LogP contribution in [0.2, 0.25) is 0 Å². The van der Waals surface area contributed by atoms with Gasteiger partial charge in [0.2, 0.25) is 11.8 Å². The number of carbonyl (C=O) groups is 2. The highest BCUT2D eigenvalue weighted by Gasteiger charge is 2.30. The second kappa shape index (κ2) is 8.61. The first-order valence-electron chi connectivity index (χ1n) is 9.16. The van der Waals surface area contributed by atoms with Crippen molar-refractivity contribution < 1.29 is 14.1 Å². The molecule has 2 amide bonds. The van der Waals surface area contributed by atoms with Crippen molar-refractivity contribution in [3.63, 3.8) is 0 Å². The molecule has 1 aromatic carbocycles. The lowest BCUT2D eigenvalue weighted by Crippen LogP contribution is -2.33. The van der Waals surface area contributed by atoms with Gasteiger partial charge in [-0.3, -0.25) is 9.59 Å². The third kappa shape index (κ3) is 4.91. The van der Waals surface area contributed by atoms with E-state index >= 15 is 0 Å². The van der Waals surface area contributed by atoms with Crippen LogP contribution >= 0.6 is 11.8 Å². The van der Waals surface area contributed by atoms with E-state index in [4.69, 9.17) is 4.52 Å². The Morgan fingerprint density at radius 1 is 1.33 bits per heavy atom. The Hall–Kier alpha value is -2.28. The summed E-state index contributed by atoms with van der Waals surface area (Å²) in [6.45, 7) is 6.39. The van der Waals surface area contributed by atoms with Crippen LogP contribution in [-0.4, -0.2) is 39.4 Å². The molecule has 1 N–H and O–H groups in total. The Morgan fingerprint density at radius 2 is 2.07 bits per heavy atom. The third-order valence-electron chi connectivity index (χ3n) is 4.74. The number of rotatable bonds is 6. The molecule has 1 fully saturated rings. The second-order valence-electron chi connectivity index (χ2n) is 6.92. The molecule has 1 aromatic heterocycles. The number of hydrogen-bond donors (Lipinski definition) is 1. The first-order valence-corrected chi connectivity index (χ1v) is 10.2. The lowest BCUT2D eigenvalue weighted by Gasteiger charge is -2.25. The molecule has 1 saturated heterocycles. The molecule has 144 valence electrons. The predicted octanol–water partition coefficient (Wildman–Crippen LogP) is 3.72. The molecule has 2 unspecified atom stereocenters. The maximum atomic E-state index is 12.7. The molecule has 0 bridgehead atoms. The zero-order chi connectivity index (χ0) is 19.4. The minimum absolute atomic E-state index is 0.0833. The summed E-state index contributed by atoms with van der Waals surface area (Å²) in [5.74, 6) is 1.22. The topological polar surface area (TPSA) is 75.4 Å². The second-order valence-corrected chi connectivity index (χ2v) is 8.25. The maximum absolute atomic E-state index is 12.7. The van der Waals surface area contributed by atoms with Gasteiger partial charge in [-0.25, -0.2) is 0 Å². The van der Waals surface area contributed by atoms with E-state index in [1.54, 1.807) is 19.9 Å². The standard InChI is InChI=1S/C20H25N3O3S/c1-13-6-8-16(9-7-13)17-5-4-10-23(17)19(24)12-27-15(3)20(25)21-18-11-14(2)26-22-18/h6-9,11,15,17H,4-5,10,12H2,1-3H3,(H,21,22,25). The van der Waals surface area contributed by atoms with Crippen molar-refractivity contribution >= 4 is 29.4 Å². The molecule has 0 aliphatic carbocycles. The highest BCUT2D eigenvalue weighted by Crippen LogP contribution is 2.32. The molecule has 0 saturated carbocycles. The zero-order valence-corrected chi connectivity index (χ0v) is 16.7. The summed E-state index contributed by atoms with van der Waals surface area (Å²) >= 11 is 1.34. The van der Waals surface area contributed by atoms with E-state index in [0.29, 0.717) is 11.6 Å².